The van der Waals surface area contributed by atoms with Gasteiger partial charge in [-0.1, -0.05) is 30.3 Å². The first-order valence-corrected chi connectivity index (χ1v) is 12.0. The zero-order chi connectivity index (χ0) is 26.9. The number of carboxylic acids is 1. The summed E-state index contributed by atoms with van der Waals surface area (Å²) in [5.74, 6) is 0.572. The summed E-state index contributed by atoms with van der Waals surface area (Å²) in [5.41, 5.74) is 2.54. The first-order chi connectivity index (χ1) is 18.4. The summed E-state index contributed by atoms with van der Waals surface area (Å²) in [6.07, 6.45) is 0.585. The van der Waals surface area contributed by atoms with Gasteiger partial charge in [0.1, 0.15) is 23.0 Å². The van der Waals surface area contributed by atoms with Crippen LogP contribution < -0.4 is 19.5 Å². The quantitative estimate of drug-likeness (QED) is 0.160. The van der Waals surface area contributed by atoms with E-state index in [-0.39, 0.29) is 12.3 Å². The number of hydrogen-bond donors (Lipinski definition) is 2. The average Bonchev–Trinajstić information content (AvgIpc) is 3.30. The van der Waals surface area contributed by atoms with Crippen molar-refractivity contribution in [2.45, 2.75) is 25.9 Å². The van der Waals surface area contributed by atoms with E-state index in [0.29, 0.717) is 30.4 Å². The van der Waals surface area contributed by atoms with Crippen molar-refractivity contribution in [2.75, 3.05) is 13.7 Å². The second-order valence-electron chi connectivity index (χ2n) is 8.38. The highest BCUT2D eigenvalue weighted by atomic mass is 16.5. The molecule has 9 heteroatoms. The molecule has 4 aromatic rings. The van der Waals surface area contributed by atoms with Crippen molar-refractivity contribution in [3.63, 3.8) is 0 Å². The first kappa shape index (κ1) is 26.4. The largest absolute Gasteiger partial charge is 0.497 e. The lowest BCUT2D eigenvalue weighted by Crippen LogP contribution is -2.45. The number of ether oxygens (including phenoxy) is 3. The number of hydrogen-bond acceptors (Lipinski definition) is 8. The Labute approximate surface area is 220 Å². The van der Waals surface area contributed by atoms with Crippen LogP contribution in [-0.4, -0.2) is 41.8 Å². The maximum atomic E-state index is 12.4. The summed E-state index contributed by atoms with van der Waals surface area (Å²) in [5, 5.41) is 12.2. The molecule has 38 heavy (non-hydrogen) atoms. The number of oxazole rings is 1. The lowest BCUT2D eigenvalue weighted by molar-refractivity contribution is -0.149. The van der Waals surface area contributed by atoms with Crippen molar-refractivity contribution >= 4 is 11.9 Å². The number of esters is 1. The van der Waals surface area contributed by atoms with E-state index in [0.717, 1.165) is 22.6 Å². The second kappa shape index (κ2) is 12.6. The number of aryl methyl sites for hydroxylation is 1. The lowest BCUT2D eigenvalue weighted by Gasteiger charge is -2.14. The fourth-order valence-corrected chi connectivity index (χ4v) is 3.64. The Balaban J connectivity index is 1.26. The Morgan fingerprint density at radius 3 is 2.26 bits per heavy atom. The van der Waals surface area contributed by atoms with E-state index in [9.17, 15) is 14.7 Å². The number of methoxy groups -OCH3 is 1. The molecule has 0 saturated carbocycles. The van der Waals surface area contributed by atoms with Crippen LogP contribution in [0, 0.1) is 6.92 Å². The maximum Gasteiger partial charge on any atom is 0.340 e. The molecular formula is C29H28N2O7. The number of aliphatic carboxylic acids is 1. The molecule has 0 radical (unpaired) electrons. The third kappa shape index (κ3) is 6.98. The molecule has 0 aliphatic rings. The van der Waals surface area contributed by atoms with E-state index >= 15 is 0 Å². The average molecular weight is 517 g/mol. The molecule has 0 unspecified atom stereocenters. The van der Waals surface area contributed by atoms with Gasteiger partial charge in [-0.05, 0) is 61.0 Å². The Morgan fingerprint density at radius 2 is 1.61 bits per heavy atom. The van der Waals surface area contributed by atoms with Crippen LogP contribution in [0.25, 0.3) is 11.5 Å². The van der Waals surface area contributed by atoms with Gasteiger partial charge in [-0.25, -0.2) is 14.6 Å². The molecule has 2 N–H and O–H groups in total. The smallest absolute Gasteiger partial charge is 0.340 e. The van der Waals surface area contributed by atoms with E-state index in [1.54, 1.807) is 36.4 Å². The highest BCUT2D eigenvalue weighted by Crippen LogP contribution is 2.22. The van der Waals surface area contributed by atoms with Crippen LogP contribution in [0.3, 0.4) is 0 Å². The molecule has 3 aromatic carbocycles. The maximum absolute atomic E-state index is 12.4. The van der Waals surface area contributed by atoms with Gasteiger partial charge in [0, 0.05) is 18.5 Å². The van der Waals surface area contributed by atoms with Gasteiger partial charge in [-0.3, -0.25) is 5.32 Å². The van der Waals surface area contributed by atoms with Crippen LogP contribution in [0.4, 0.5) is 0 Å². The van der Waals surface area contributed by atoms with Gasteiger partial charge in [0.15, 0.2) is 0 Å². The summed E-state index contributed by atoms with van der Waals surface area (Å²) in [7, 11) is 1.52. The lowest BCUT2D eigenvalue weighted by atomic mass is 10.2. The van der Waals surface area contributed by atoms with Gasteiger partial charge >= 0.3 is 11.9 Å². The number of nitrogens with one attached hydrogen (secondary N) is 1. The van der Waals surface area contributed by atoms with Crippen molar-refractivity contribution in [1.82, 2.24) is 10.3 Å². The van der Waals surface area contributed by atoms with Crippen LogP contribution >= 0.6 is 0 Å². The van der Waals surface area contributed by atoms with Gasteiger partial charge in [0.05, 0.1) is 19.4 Å². The molecule has 1 heterocycles. The predicted molar refractivity (Wildman–Crippen MR) is 139 cm³/mol. The normalized spacial score (nSPS) is 11.5. The van der Waals surface area contributed by atoms with Gasteiger partial charge < -0.3 is 23.7 Å². The number of carbonyl (C=O) groups excluding carboxylic acids is 1. The minimum atomic E-state index is -1.53. The first-order valence-electron chi connectivity index (χ1n) is 12.0. The molecule has 0 bridgehead atoms. The Hall–Kier alpha value is -4.63. The van der Waals surface area contributed by atoms with Gasteiger partial charge in [-0.15, -0.1) is 0 Å². The summed E-state index contributed by atoms with van der Waals surface area (Å²) < 4.78 is 21.9. The molecule has 0 saturated heterocycles. The fourth-order valence-electron chi connectivity index (χ4n) is 3.64. The predicted octanol–water partition coefficient (Wildman–Crippen LogP) is 4.43. The molecule has 9 nitrogen and oxygen atoms in total. The van der Waals surface area contributed by atoms with Crippen LogP contribution in [0.2, 0.25) is 0 Å². The van der Waals surface area contributed by atoms with Crippen molar-refractivity contribution < 1.29 is 33.3 Å². The number of nitrogens with zero attached hydrogens (tertiary/aromatic N) is 1. The number of benzene rings is 3. The molecule has 196 valence electrons. The third-order valence-electron chi connectivity index (χ3n) is 5.72. The number of carboxylic acid groups (broad SMARTS) is 1. The van der Waals surface area contributed by atoms with Crippen LogP contribution in [0.5, 0.6) is 17.2 Å². The Morgan fingerprint density at radius 1 is 0.947 bits per heavy atom. The van der Waals surface area contributed by atoms with Crippen LogP contribution in [-0.2, 0) is 22.6 Å². The summed E-state index contributed by atoms with van der Waals surface area (Å²) in [4.78, 5) is 28.6. The summed E-state index contributed by atoms with van der Waals surface area (Å²) in [6, 6.07) is 21.6. The molecule has 0 spiro atoms. The highest BCUT2D eigenvalue weighted by molar-refractivity contribution is 5.99. The van der Waals surface area contributed by atoms with Crippen molar-refractivity contribution in [2.24, 2.45) is 0 Å². The van der Waals surface area contributed by atoms with E-state index in [2.05, 4.69) is 10.3 Å². The minimum absolute atomic E-state index is 0.148. The van der Waals surface area contributed by atoms with Crippen molar-refractivity contribution in [3.8, 4) is 28.7 Å². The zero-order valence-electron chi connectivity index (χ0n) is 21.0. The van der Waals surface area contributed by atoms with Crippen molar-refractivity contribution in [3.05, 3.63) is 95.9 Å². The standard InChI is InChI=1S/C29H28N2O7/c1-19-25(31-27(37-19)21-6-4-3-5-7-21)16-17-36-23-10-8-20(9-11-23)18-30-26(28(32)33)29(34)38-24-14-12-22(35-2)13-15-24/h3-15,26,30H,16-18H2,1-2H3,(H,32,33)/t26-/m1/s1. The van der Waals surface area contributed by atoms with E-state index in [1.807, 2.05) is 37.3 Å². The number of carbonyl (C=O) groups is 2. The van der Waals surface area contributed by atoms with Crippen molar-refractivity contribution in [1.29, 1.82) is 0 Å². The fraction of sp³-hybridized carbons (Fsp3) is 0.207. The summed E-state index contributed by atoms with van der Waals surface area (Å²) in [6.45, 7) is 2.45. The van der Waals surface area contributed by atoms with Crippen LogP contribution in [0.1, 0.15) is 17.0 Å². The molecule has 1 aromatic heterocycles. The molecule has 0 fully saturated rings. The van der Waals surface area contributed by atoms with Gasteiger partial charge in [0.2, 0.25) is 11.9 Å². The topological polar surface area (TPSA) is 120 Å². The van der Waals surface area contributed by atoms with Crippen LogP contribution in [0.15, 0.2) is 83.3 Å². The number of rotatable bonds is 12. The molecule has 4 rings (SSSR count). The number of aromatic nitrogens is 1. The molecular weight excluding hydrogens is 488 g/mol. The monoisotopic (exact) mass is 516 g/mol. The van der Waals surface area contributed by atoms with E-state index < -0.39 is 18.0 Å². The Bertz CT molecular complexity index is 1350. The molecule has 0 aliphatic heterocycles. The zero-order valence-corrected chi connectivity index (χ0v) is 21.0. The van der Waals surface area contributed by atoms with Gasteiger partial charge in [-0.2, -0.15) is 0 Å². The molecule has 1 atom stereocenters. The second-order valence-corrected chi connectivity index (χ2v) is 8.38. The Kier molecular flexibility index (Phi) is 8.73. The molecule has 0 aliphatic carbocycles. The van der Waals surface area contributed by atoms with Gasteiger partial charge in [0.25, 0.3) is 0 Å². The third-order valence-corrected chi connectivity index (χ3v) is 5.72. The summed E-state index contributed by atoms with van der Waals surface area (Å²) >= 11 is 0. The highest BCUT2D eigenvalue weighted by Gasteiger charge is 2.28. The minimum Gasteiger partial charge on any atom is -0.497 e. The molecule has 0 amide bonds. The van der Waals surface area contributed by atoms with E-state index in [4.69, 9.17) is 18.6 Å². The van der Waals surface area contributed by atoms with E-state index in [1.165, 1.54) is 19.2 Å². The SMILES string of the molecule is COc1ccc(OC(=O)[C@H](NCc2ccc(OCCc3nc(-c4ccccc4)oc3C)cc2)C(=O)O)cc1.